The number of hydroxylamine groups is 1. The third-order valence-electron chi connectivity index (χ3n) is 6.02. The molecule has 2 saturated heterocycles. The molecule has 2 heterocycles. The highest BCUT2D eigenvalue weighted by Gasteiger charge is 2.60. The minimum atomic E-state index is -4.60. The summed E-state index contributed by atoms with van der Waals surface area (Å²) in [5.41, 5.74) is 0.382. The Hall–Kier alpha value is -3.30. The number of nitrogens with zero attached hydrogens (tertiary/aromatic N) is 2. The third kappa shape index (κ3) is 3.74. The maximum absolute atomic E-state index is 13.6. The van der Waals surface area contributed by atoms with Crippen LogP contribution >= 0.6 is 11.8 Å². The van der Waals surface area contributed by atoms with Gasteiger partial charge in [0.1, 0.15) is 5.92 Å². The molecule has 0 spiro atoms. The van der Waals surface area contributed by atoms with Crippen LogP contribution in [0.1, 0.15) is 17.2 Å². The summed E-state index contributed by atoms with van der Waals surface area (Å²) in [7, 11) is 0. The molecule has 0 unspecified atom stereocenters. The Morgan fingerprint density at radius 2 is 1.53 bits per heavy atom. The fourth-order valence-corrected chi connectivity index (χ4v) is 4.84. The van der Waals surface area contributed by atoms with E-state index in [1.165, 1.54) is 12.1 Å². The number of amides is 2. The van der Waals surface area contributed by atoms with Crippen molar-refractivity contribution in [2.45, 2.75) is 23.2 Å². The van der Waals surface area contributed by atoms with Crippen LogP contribution in [0.3, 0.4) is 0 Å². The Morgan fingerprint density at radius 3 is 2.18 bits per heavy atom. The van der Waals surface area contributed by atoms with Crippen molar-refractivity contribution in [2.24, 2.45) is 5.92 Å². The summed E-state index contributed by atoms with van der Waals surface area (Å²) in [6.45, 7) is 0. The monoisotopic (exact) mass is 484 g/mol. The minimum Gasteiger partial charge on any atom is -0.273 e. The Balaban J connectivity index is 1.56. The lowest BCUT2D eigenvalue weighted by molar-refractivity contribution is -0.137. The first-order chi connectivity index (χ1) is 16.3. The van der Waals surface area contributed by atoms with Crippen LogP contribution in [0.4, 0.5) is 24.5 Å². The molecule has 0 aromatic heterocycles. The highest BCUT2D eigenvalue weighted by Crippen LogP contribution is 2.48. The average molecular weight is 484 g/mol. The van der Waals surface area contributed by atoms with Crippen LogP contribution in [0.2, 0.25) is 0 Å². The number of carbonyl (C=O) groups is 2. The summed E-state index contributed by atoms with van der Waals surface area (Å²) in [4.78, 5) is 34.7. The molecule has 2 aliphatic heterocycles. The lowest BCUT2D eigenvalue weighted by atomic mass is 9.90. The van der Waals surface area contributed by atoms with E-state index in [9.17, 15) is 22.8 Å². The number of anilines is 2. The van der Waals surface area contributed by atoms with Gasteiger partial charge in [0, 0.05) is 4.90 Å². The Labute approximate surface area is 198 Å². The van der Waals surface area contributed by atoms with Gasteiger partial charge >= 0.3 is 6.18 Å². The van der Waals surface area contributed by atoms with E-state index >= 15 is 0 Å². The Bertz CT molecular complexity index is 1230. The molecular weight excluding hydrogens is 465 g/mol. The fraction of sp³-hybridized carbons (Fsp3) is 0.200. The molecule has 174 valence electrons. The molecule has 3 atom stereocenters. The number of benzene rings is 3. The van der Waals surface area contributed by atoms with Crippen LogP contribution in [-0.4, -0.2) is 24.2 Å². The van der Waals surface area contributed by atoms with Gasteiger partial charge in [0.05, 0.1) is 23.0 Å². The second-order valence-corrected chi connectivity index (χ2v) is 8.87. The van der Waals surface area contributed by atoms with E-state index in [1.807, 2.05) is 60.9 Å². The molecule has 0 saturated carbocycles. The molecule has 3 aromatic carbocycles. The van der Waals surface area contributed by atoms with Crippen molar-refractivity contribution in [3.63, 3.8) is 0 Å². The van der Waals surface area contributed by atoms with E-state index < -0.39 is 41.6 Å². The molecule has 0 bridgehead atoms. The van der Waals surface area contributed by atoms with Crippen LogP contribution in [0.5, 0.6) is 0 Å². The number of para-hydroxylation sites is 1. The summed E-state index contributed by atoms with van der Waals surface area (Å²) >= 11 is 1.57. The maximum atomic E-state index is 13.6. The molecule has 5 nitrogen and oxygen atoms in total. The van der Waals surface area contributed by atoms with Crippen molar-refractivity contribution < 1.29 is 27.6 Å². The van der Waals surface area contributed by atoms with Crippen molar-refractivity contribution in [1.29, 1.82) is 0 Å². The predicted molar refractivity (Wildman–Crippen MR) is 122 cm³/mol. The molecule has 9 heteroatoms. The lowest BCUT2D eigenvalue weighted by Gasteiger charge is -2.29. The zero-order valence-corrected chi connectivity index (χ0v) is 18.7. The highest BCUT2D eigenvalue weighted by atomic mass is 32.2. The molecule has 0 radical (unpaired) electrons. The Morgan fingerprint density at radius 1 is 0.853 bits per heavy atom. The number of imide groups is 1. The number of fused-ring (bicyclic) bond motifs is 1. The highest BCUT2D eigenvalue weighted by molar-refractivity contribution is 7.98. The zero-order valence-electron chi connectivity index (χ0n) is 17.9. The van der Waals surface area contributed by atoms with Crippen molar-refractivity contribution in [1.82, 2.24) is 0 Å². The molecule has 2 amide bonds. The summed E-state index contributed by atoms with van der Waals surface area (Å²) in [6.07, 6.45) is -3.79. The van der Waals surface area contributed by atoms with Crippen LogP contribution in [0.15, 0.2) is 83.8 Å². The number of halogens is 3. The largest absolute Gasteiger partial charge is 0.416 e. The predicted octanol–water partition coefficient (Wildman–Crippen LogP) is 5.48. The molecule has 0 N–H and O–H groups in total. The number of alkyl halides is 3. The molecular formula is C25H19F3N2O3S. The number of hydrogen-bond donors (Lipinski definition) is 0. The van der Waals surface area contributed by atoms with Crippen molar-refractivity contribution >= 4 is 35.0 Å². The third-order valence-corrected chi connectivity index (χ3v) is 6.76. The average Bonchev–Trinajstić information content (AvgIpc) is 3.35. The molecule has 2 aliphatic rings. The second kappa shape index (κ2) is 8.48. The van der Waals surface area contributed by atoms with Gasteiger partial charge in [-0.15, -0.1) is 11.8 Å². The van der Waals surface area contributed by atoms with Gasteiger partial charge in [-0.2, -0.15) is 13.2 Å². The number of thioether (sulfide) groups is 1. The Kier molecular flexibility index (Phi) is 5.61. The second-order valence-electron chi connectivity index (χ2n) is 7.99. The standard InChI is InChI=1S/C25H19F3N2O3S/c1-34-19-12-10-15(11-13-19)21-20-22(33-30(21)17-7-3-2-4-8-17)24(32)29(23(20)31)18-9-5-6-16(14-18)25(26,27)28/h2-14,20-22H,1H3/t20-,21-,22+/m0/s1. The summed E-state index contributed by atoms with van der Waals surface area (Å²) in [6, 6.07) is 20.3. The van der Waals surface area contributed by atoms with Gasteiger partial charge in [-0.05, 0) is 54.3 Å². The van der Waals surface area contributed by atoms with Gasteiger partial charge in [0.2, 0.25) is 5.91 Å². The van der Waals surface area contributed by atoms with Gasteiger partial charge < -0.3 is 0 Å². The number of rotatable bonds is 4. The van der Waals surface area contributed by atoms with Crippen molar-refractivity contribution in [2.75, 3.05) is 16.2 Å². The van der Waals surface area contributed by atoms with E-state index in [1.54, 1.807) is 16.8 Å². The van der Waals surface area contributed by atoms with Gasteiger partial charge in [-0.1, -0.05) is 36.4 Å². The smallest absolute Gasteiger partial charge is 0.273 e. The van der Waals surface area contributed by atoms with Crippen molar-refractivity contribution in [3.8, 4) is 0 Å². The first kappa shape index (κ1) is 22.5. The fourth-order valence-electron chi connectivity index (χ4n) is 4.43. The molecule has 2 fully saturated rings. The number of carbonyl (C=O) groups excluding carboxylic acids is 2. The first-order valence-corrected chi connectivity index (χ1v) is 11.7. The normalized spacial score (nSPS) is 22.4. The van der Waals surface area contributed by atoms with E-state index in [-0.39, 0.29) is 5.69 Å². The molecule has 5 rings (SSSR count). The van der Waals surface area contributed by atoms with Gasteiger partial charge in [-0.25, -0.2) is 9.96 Å². The SMILES string of the molecule is CSc1ccc([C@H]2[C@@H]3C(=O)N(c4cccc(C(F)(F)F)c4)C(=O)[C@@H]3ON2c2ccccc2)cc1. The van der Waals surface area contributed by atoms with E-state index in [4.69, 9.17) is 4.84 Å². The van der Waals surface area contributed by atoms with Gasteiger partial charge in [0.15, 0.2) is 6.10 Å². The van der Waals surface area contributed by atoms with E-state index in [0.717, 1.165) is 27.5 Å². The molecule has 0 aliphatic carbocycles. The zero-order chi connectivity index (χ0) is 24.0. The molecule has 34 heavy (non-hydrogen) atoms. The number of hydrogen-bond acceptors (Lipinski definition) is 5. The van der Waals surface area contributed by atoms with Crippen LogP contribution < -0.4 is 9.96 Å². The minimum absolute atomic E-state index is 0.120. The maximum Gasteiger partial charge on any atom is 0.416 e. The topological polar surface area (TPSA) is 49.9 Å². The van der Waals surface area contributed by atoms with Crippen molar-refractivity contribution in [3.05, 3.63) is 90.0 Å². The lowest BCUT2D eigenvalue weighted by Crippen LogP contribution is -2.37. The van der Waals surface area contributed by atoms with E-state index in [0.29, 0.717) is 5.69 Å². The molecule has 3 aromatic rings. The van der Waals surface area contributed by atoms with E-state index in [2.05, 4.69) is 0 Å². The van der Waals surface area contributed by atoms with Crippen LogP contribution in [-0.2, 0) is 20.6 Å². The first-order valence-electron chi connectivity index (χ1n) is 10.5. The van der Waals surface area contributed by atoms with Crippen LogP contribution in [0, 0.1) is 5.92 Å². The van der Waals surface area contributed by atoms with Gasteiger partial charge in [0.25, 0.3) is 5.91 Å². The summed E-state index contributed by atoms with van der Waals surface area (Å²) in [5, 5.41) is 1.56. The summed E-state index contributed by atoms with van der Waals surface area (Å²) < 4.78 is 39.7. The van der Waals surface area contributed by atoms with Gasteiger partial charge in [-0.3, -0.25) is 14.4 Å². The van der Waals surface area contributed by atoms with Crippen LogP contribution in [0.25, 0.3) is 0 Å². The summed E-state index contributed by atoms with van der Waals surface area (Å²) in [5.74, 6) is -2.19. The quantitative estimate of drug-likeness (QED) is 0.363.